The van der Waals surface area contributed by atoms with Crippen molar-refractivity contribution in [1.29, 1.82) is 0 Å². The van der Waals surface area contributed by atoms with Crippen LogP contribution in [0.4, 0.5) is 10.1 Å². The van der Waals surface area contributed by atoms with Gasteiger partial charge in [-0.2, -0.15) is 0 Å². The summed E-state index contributed by atoms with van der Waals surface area (Å²) < 4.78 is 43.6. The normalized spacial score (nSPS) is 11.0. The lowest BCUT2D eigenvalue weighted by Crippen LogP contribution is -2.40. The van der Waals surface area contributed by atoms with Gasteiger partial charge in [0.25, 0.3) is 0 Å². The Morgan fingerprint density at radius 3 is 2.36 bits per heavy atom. The molecule has 2 aromatic carbocycles. The molecule has 25 heavy (non-hydrogen) atoms. The van der Waals surface area contributed by atoms with Crippen LogP contribution in [0.1, 0.15) is 5.56 Å². The van der Waals surface area contributed by atoms with Crippen molar-refractivity contribution in [2.24, 2.45) is 0 Å². The number of hydrogen-bond acceptors (Lipinski definition) is 4. The Hall–Kier alpha value is -2.61. The highest BCUT2D eigenvalue weighted by Crippen LogP contribution is 2.21. The van der Waals surface area contributed by atoms with E-state index in [1.807, 2.05) is 0 Å². The number of ether oxygens (including phenoxy) is 1. The minimum absolute atomic E-state index is 0.0221. The lowest BCUT2D eigenvalue weighted by Gasteiger charge is -2.22. The van der Waals surface area contributed by atoms with E-state index < -0.39 is 28.3 Å². The van der Waals surface area contributed by atoms with Crippen molar-refractivity contribution in [3.8, 4) is 5.75 Å². The van der Waals surface area contributed by atoms with Gasteiger partial charge in [-0.1, -0.05) is 18.2 Å². The summed E-state index contributed by atoms with van der Waals surface area (Å²) in [5.41, 5.74) is 0.663. The van der Waals surface area contributed by atoms with Crippen molar-refractivity contribution < 1.29 is 22.3 Å². The monoisotopic (exact) mass is 366 g/mol. The zero-order valence-electron chi connectivity index (χ0n) is 13.9. The summed E-state index contributed by atoms with van der Waals surface area (Å²) in [5, 5.41) is 2.52. The maximum Gasteiger partial charge on any atom is 0.241 e. The number of anilines is 1. The fourth-order valence-electron chi connectivity index (χ4n) is 2.17. The van der Waals surface area contributed by atoms with E-state index in [1.165, 1.54) is 13.2 Å². The number of sulfonamides is 1. The van der Waals surface area contributed by atoms with Crippen molar-refractivity contribution >= 4 is 21.6 Å². The van der Waals surface area contributed by atoms with Crippen LogP contribution in [0.5, 0.6) is 5.75 Å². The first-order chi connectivity index (χ1) is 11.8. The van der Waals surface area contributed by atoms with E-state index in [-0.39, 0.29) is 6.54 Å². The predicted molar refractivity (Wildman–Crippen MR) is 93.4 cm³/mol. The number of nitrogens with one attached hydrogen (secondary N) is 1. The second-order valence-corrected chi connectivity index (χ2v) is 7.24. The molecule has 2 aromatic rings. The Balaban J connectivity index is 2.09. The Bertz CT molecular complexity index is 838. The molecular formula is C17H19FN2O4S. The molecule has 0 spiro atoms. The Labute approximate surface area is 146 Å². The fraction of sp³-hybridized carbons (Fsp3) is 0.235. The molecule has 1 N–H and O–H groups in total. The molecule has 0 atom stereocenters. The van der Waals surface area contributed by atoms with Crippen LogP contribution < -0.4 is 14.4 Å². The zero-order chi connectivity index (χ0) is 18.4. The van der Waals surface area contributed by atoms with Crippen LogP contribution in [-0.4, -0.2) is 34.2 Å². The fourth-order valence-corrected chi connectivity index (χ4v) is 3.03. The van der Waals surface area contributed by atoms with E-state index in [4.69, 9.17) is 4.74 Å². The van der Waals surface area contributed by atoms with Gasteiger partial charge in [0.1, 0.15) is 18.1 Å². The summed E-state index contributed by atoms with van der Waals surface area (Å²) >= 11 is 0. The molecule has 2 rings (SSSR count). The number of hydrogen-bond donors (Lipinski definition) is 1. The molecule has 6 nitrogen and oxygen atoms in total. The van der Waals surface area contributed by atoms with Crippen molar-refractivity contribution in [1.82, 2.24) is 5.32 Å². The Morgan fingerprint density at radius 1 is 1.16 bits per heavy atom. The molecule has 0 aliphatic carbocycles. The first kappa shape index (κ1) is 18.7. The average molecular weight is 366 g/mol. The van der Waals surface area contributed by atoms with Crippen LogP contribution in [0.2, 0.25) is 0 Å². The average Bonchev–Trinajstić information content (AvgIpc) is 2.58. The summed E-state index contributed by atoms with van der Waals surface area (Å²) in [6, 6.07) is 12.3. The summed E-state index contributed by atoms with van der Waals surface area (Å²) in [7, 11) is -2.17. The van der Waals surface area contributed by atoms with Gasteiger partial charge in [-0.05, 0) is 30.3 Å². The highest BCUT2D eigenvalue weighted by atomic mass is 32.2. The second-order valence-electron chi connectivity index (χ2n) is 5.34. The van der Waals surface area contributed by atoms with E-state index in [0.717, 1.165) is 10.6 Å². The van der Waals surface area contributed by atoms with Gasteiger partial charge < -0.3 is 10.1 Å². The summed E-state index contributed by atoms with van der Waals surface area (Å²) in [6.07, 6.45) is 1.02. The molecular weight excluding hydrogens is 347 g/mol. The first-order valence-corrected chi connectivity index (χ1v) is 9.28. The molecule has 8 heteroatoms. The molecule has 0 bridgehead atoms. The summed E-state index contributed by atoms with van der Waals surface area (Å²) in [4.78, 5) is 12.1. The van der Waals surface area contributed by atoms with Gasteiger partial charge in [0.05, 0.1) is 19.1 Å². The molecule has 0 saturated heterocycles. The molecule has 0 aliphatic rings. The third-order valence-electron chi connectivity index (χ3n) is 3.48. The smallest absolute Gasteiger partial charge is 0.241 e. The van der Waals surface area contributed by atoms with Gasteiger partial charge >= 0.3 is 0 Å². The number of amides is 1. The van der Waals surface area contributed by atoms with Gasteiger partial charge in [0.15, 0.2) is 0 Å². The largest absolute Gasteiger partial charge is 0.497 e. The maximum absolute atomic E-state index is 13.6. The second kappa shape index (κ2) is 7.98. The van der Waals surface area contributed by atoms with Crippen molar-refractivity contribution in [3.05, 3.63) is 59.9 Å². The molecule has 134 valence electrons. The molecule has 0 unspecified atom stereocenters. The van der Waals surface area contributed by atoms with E-state index >= 15 is 0 Å². The van der Waals surface area contributed by atoms with Gasteiger partial charge in [0.2, 0.25) is 15.9 Å². The standard InChI is InChI=1S/C17H19FN2O4S/c1-24-15-9-7-14(8-10-15)20(25(2,22)23)12-17(21)19-11-13-5-3-4-6-16(13)18/h3-10H,11-12H2,1-2H3,(H,19,21). The maximum atomic E-state index is 13.6. The topological polar surface area (TPSA) is 75.7 Å². The first-order valence-electron chi connectivity index (χ1n) is 7.43. The zero-order valence-corrected chi connectivity index (χ0v) is 14.7. The van der Waals surface area contributed by atoms with Crippen molar-refractivity contribution in [3.63, 3.8) is 0 Å². The number of carbonyl (C=O) groups excluding carboxylic acids is 1. The molecule has 0 heterocycles. The number of halogens is 1. The minimum atomic E-state index is -3.67. The Morgan fingerprint density at radius 2 is 1.80 bits per heavy atom. The Kier molecular flexibility index (Phi) is 5.97. The van der Waals surface area contributed by atoms with E-state index in [0.29, 0.717) is 17.0 Å². The highest BCUT2D eigenvalue weighted by Gasteiger charge is 2.21. The summed E-state index contributed by atoms with van der Waals surface area (Å²) in [6.45, 7) is -0.425. The van der Waals surface area contributed by atoms with Crippen LogP contribution in [0, 0.1) is 5.82 Å². The van der Waals surface area contributed by atoms with Crippen LogP contribution in [0.3, 0.4) is 0 Å². The summed E-state index contributed by atoms with van der Waals surface area (Å²) in [5.74, 6) is -0.399. The van der Waals surface area contributed by atoms with E-state index in [1.54, 1.807) is 42.5 Å². The molecule has 0 fully saturated rings. The van der Waals surface area contributed by atoms with Crippen molar-refractivity contribution in [2.45, 2.75) is 6.54 Å². The van der Waals surface area contributed by atoms with Gasteiger partial charge in [-0.3, -0.25) is 9.10 Å². The SMILES string of the molecule is COc1ccc(N(CC(=O)NCc2ccccc2F)S(C)(=O)=O)cc1. The number of methoxy groups -OCH3 is 1. The quantitative estimate of drug-likeness (QED) is 0.812. The van der Waals surface area contributed by atoms with Crippen LogP contribution in [0.15, 0.2) is 48.5 Å². The number of rotatable bonds is 7. The van der Waals surface area contributed by atoms with Gasteiger partial charge in [-0.25, -0.2) is 12.8 Å². The van der Waals surface area contributed by atoms with Crippen LogP contribution in [0.25, 0.3) is 0 Å². The van der Waals surface area contributed by atoms with Crippen LogP contribution in [-0.2, 0) is 21.4 Å². The molecule has 0 aliphatic heterocycles. The number of carbonyl (C=O) groups is 1. The van der Waals surface area contributed by atoms with Crippen molar-refractivity contribution in [2.75, 3.05) is 24.2 Å². The molecule has 0 aromatic heterocycles. The lowest BCUT2D eigenvalue weighted by atomic mass is 10.2. The predicted octanol–water partition coefficient (Wildman–Crippen LogP) is 1.92. The highest BCUT2D eigenvalue weighted by molar-refractivity contribution is 7.92. The van der Waals surface area contributed by atoms with Gasteiger partial charge in [-0.15, -0.1) is 0 Å². The minimum Gasteiger partial charge on any atom is -0.497 e. The van der Waals surface area contributed by atoms with E-state index in [9.17, 15) is 17.6 Å². The third-order valence-corrected chi connectivity index (χ3v) is 4.62. The lowest BCUT2D eigenvalue weighted by molar-refractivity contribution is -0.119. The van der Waals surface area contributed by atoms with E-state index in [2.05, 4.69) is 5.32 Å². The molecule has 1 amide bonds. The molecule has 0 saturated carbocycles. The third kappa shape index (κ3) is 5.18. The van der Waals surface area contributed by atoms with Gasteiger partial charge in [0, 0.05) is 12.1 Å². The number of nitrogens with zero attached hydrogens (tertiary/aromatic N) is 1. The molecule has 0 radical (unpaired) electrons. The number of benzene rings is 2. The van der Waals surface area contributed by atoms with Crippen LogP contribution >= 0.6 is 0 Å².